The maximum absolute atomic E-state index is 13.1. The van der Waals surface area contributed by atoms with Crippen LogP contribution in [-0.4, -0.2) is 164 Å². The first-order valence-electron chi connectivity index (χ1n) is 42.1. The van der Waals surface area contributed by atoms with Crippen LogP contribution in [0.1, 0.15) is 62.4 Å². The monoisotopic (exact) mass is 1920 g/mol. The molecule has 2 N–H and O–H groups in total. The van der Waals surface area contributed by atoms with Gasteiger partial charge in [-0.25, -0.2) is 31.1 Å². The number of piperazine rings is 4. The summed E-state index contributed by atoms with van der Waals surface area (Å²) in [6, 6.07) is 59.9. The number of hydrogen-bond acceptors (Lipinski definition) is 9. The number of carbonyl (C=O) groups excluding carboxylic acids is 3. The van der Waals surface area contributed by atoms with Crippen molar-refractivity contribution in [1.29, 1.82) is 0 Å². The van der Waals surface area contributed by atoms with E-state index in [1.54, 1.807) is 77.7 Å². The van der Waals surface area contributed by atoms with E-state index in [1.165, 1.54) is 113 Å². The predicted molar refractivity (Wildman–Crippen MR) is 526 cm³/mol. The average molecular weight is 1930 g/mol. The number of carboxylic acids is 1. The van der Waals surface area contributed by atoms with E-state index < -0.39 is 22.1 Å². The Bertz CT molecular complexity index is 5630. The molecular weight excluding hydrogens is 1820 g/mol. The van der Waals surface area contributed by atoms with Gasteiger partial charge in [-0.2, -0.15) is 0 Å². The van der Waals surface area contributed by atoms with Gasteiger partial charge >= 0.3 is 5.97 Å². The molecule has 13 nitrogen and oxygen atoms in total. The van der Waals surface area contributed by atoms with E-state index in [4.69, 9.17) is 57.9 Å². The number of benzene rings is 10. The van der Waals surface area contributed by atoms with Gasteiger partial charge < -0.3 is 44.7 Å². The first-order chi connectivity index (χ1) is 61.3. The zero-order valence-corrected chi connectivity index (χ0v) is 80.7. The highest BCUT2D eigenvalue weighted by molar-refractivity contribution is 9.10. The van der Waals surface area contributed by atoms with Gasteiger partial charge in [0.2, 0.25) is 11.8 Å². The third kappa shape index (κ3) is 36.7. The zero-order chi connectivity index (χ0) is 93.9. The molecule has 5 aliphatic rings. The lowest BCUT2D eigenvalue weighted by molar-refractivity contribution is -0.133. The van der Waals surface area contributed by atoms with Gasteiger partial charge in [0.05, 0.1) is 0 Å². The summed E-state index contributed by atoms with van der Waals surface area (Å²) in [6.07, 6.45) is 9.26. The summed E-state index contributed by atoms with van der Waals surface area (Å²) in [4.78, 5) is 62.1. The number of terminal acetylenes is 1. The lowest BCUT2D eigenvalue weighted by atomic mass is 10.1. The Hall–Kier alpha value is -11.1. The molecule has 26 heteroatoms. The highest BCUT2D eigenvalue weighted by atomic mass is 79.9. The van der Waals surface area contributed by atoms with Crippen LogP contribution < -0.4 is 24.9 Å². The molecule has 15 rings (SSSR count). The first-order valence-corrected chi connectivity index (χ1v) is 51.4. The summed E-state index contributed by atoms with van der Waals surface area (Å²) in [5, 5.41) is 14.5. The average Bonchev–Trinajstić information content (AvgIpc) is 1.62. The highest BCUT2D eigenvalue weighted by Crippen LogP contribution is 2.49. The van der Waals surface area contributed by atoms with Crippen LogP contribution in [0.15, 0.2) is 229 Å². The smallest absolute Gasteiger partial charge is 0.382 e. The molecule has 674 valence electrons. The molecule has 0 aromatic heterocycles. The molecular formula is C103H107BrCl4F6N8O5Si2. The van der Waals surface area contributed by atoms with Crippen molar-refractivity contribution in [3.63, 3.8) is 0 Å². The van der Waals surface area contributed by atoms with Crippen LogP contribution in [0.4, 0.5) is 49.1 Å². The number of carboxylic acid groups (broad SMARTS) is 1. The van der Waals surface area contributed by atoms with Crippen molar-refractivity contribution in [2.45, 2.75) is 79.3 Å². The van der Waals surface area contributed by atoms with Gasteiger partial charge in [0, 0.05) is 193 Å². The molecule has 4 aliphatic heterocycles. The van der Waals surface area contributed by atoms with E-state index in [1.807, 2.05) is 76.4 Å². The molecule has 2 unspecified atom stereocenters. The first kappa shape index (κ1) is 103. The normalized spacial score (nSPS) is 14.9. The quantitative estimate of drug-likeness (QED) is 0.0658. The van der Waals surface area contributed by atoms with Crippen LogP contribution in [0.25, 0.3) is 6.08 Å². The highest BCUT2D eigenvalue weighted by Gasteiger charge is 2.46. The summed E-state index contributed by atoms with van der Waals surface area (Å²) >= 11 is 27.5. The second kappa shape index (κ2) is 51.3. The minimum Gasteiger partial charge on any atom is -0.472 e. The second-order valence-electron chi connectivity index (χ2n) is 32.9. The predicted octanol–water partition coefficient (Wildman–Crippen LogP) is 22.3. The van der Waals surface area contributed by atoms with Crippen molar-refractivity contribution in [3.05, 3.63) is 334 Å². The maximum atomic E-state index is 13.1. The van der Waals surface area contributed by atoms with Crippen molar-refractivity contribution < 1.29 is 50.6 Å². The van der Waals surface area contributed by atoms with Gasteiger partial charge in [-0.15, -0.1) is 17.5 Å². The third-order valence-corrected chi connectivity index (χ3v) is 23.8. The van der Waals surface area contributed by atoms with E-state index in [-0.39, 0.29) is 64.5 Å². The second-order valence-corrected chi connectivity index (χ2v) is 45.1. The molecule has 3 amide bonds. The number of carbonyl (C=O) groups is 4. The molecule has 10 aromatic carbocycles. The molecule has 4 heterocycles. The Morgan fingerprint density at radius 3 is 1.09 bits per heavy atom. The summed E-state index contributed by atoms with van der Waals surface area (Å²) in [5.41, 5.74) is 19.4. The third-order valence-electron chi connectivity index (χ3n) is 20.6. The standard InChI is InChI=1S/C21H22ClFN2O.C20H20ClFN2O.C20H18ClFN2O.C11H15ClN2.C11H13FSi.C9H5FO2.C6H4BrF.C5H10Si/c1-14-2-5-16(22)12-20(14)24-8-10-25(11-9-24)21(26)19-13-18(19)15-3-6-17(23)7-4-15;2*1-15-2-6-17(21)14-19(15)23-10-12-24(13-11-23)20(25)9-5-16-3-7-18(22)8-4-16;1-9-2-3-10(12)8-11(9)14-6-4-13-5-7-14;1-13(2,3)9-8-10-4-6-11(12)7-5-10;10-8-4-1-7(2-5-8)3-6-9(11)12;7-5-1-3-6(8)4-2-5;1-5-6(2,3)4/h2-7,12,18-19H,8-11,13H2,1H3;2-9,14H,10-13H2,1H3;2-4,6-8,14H,10-13H2,1H3;2-3,8,13H,4-7H2,1H3;4-7H,1-3H3;1-2,4-5H,(H,11,12);1-4H;1H,2-4H3/b;9-5-;;;;;;. The fraction of sp³-hybridized carbons (Fsp3) is 0.282. The summed E-state index contributed by atoms with van der Waals surface area (Å²) in [5.74, 6) is 10.3. The van der Waals surface area contributed by atoms with Crippen molar-refractivity contribution in [2.24, 2.45) is 5.92 Å². The molecule has 0 radical (unpaired) electrons. The minimum absolute atomic E-state index is 0.0215. The van der Waals surface area contributed by atoms with Crippen molar-refractivity contribution in [3.8, 4) is 47.1 Å². The van der Waals surface area contributed by atoms with E-state index in [0.717, 1.165) is 138 Å². The van der Waals surface area contributed by atoms with Crippen molar-refractivity contribution >= 4 is 131 Å². The van der Waals surface area contributed by atoms with E-state index >= 15 is 0 Å². The molecule has 129 heavy (non-hydrogen) atoms. The fourth-order valence-electron chi connectivity index (χ4n) is 13.3. The lowest BCUT2D eigenvalue weighted by Gasteiger charge is -2.37. The van der Waals surface area contributed by atoms with Gasteiger partial charge in [0.15, 0.2) is 0 Å². The van der Waals surface area contributed by atoms with Crippen LogP contribution in [-0.2, 0) is 19.2 Å². The molecule has 0 spiro atoms. The molecule has 4 saturated heterocycles. The Labute approximate surface area is 786 Å². The Morgan fingerprint density at radius 2 is 0.736 bits per heavy atom. The number of rotatable bonds is 8. The number of halogens is 11. The number of nitrogens with one attached hydrogen (secondary N) is 1. The molecule has 1 aliphatic carbocycles. The number of anilines is 4. The molecule has 5 fully saturated rings. The summed E-state index contributed by atoms with van der Waals surface area (Å²) in [7, 11) is -2.41. The van der Waals surface area contributed by atoms with E-state index in [9.17, 15) is 45.5 Å². The Kier molecular flexibility index (Phi) is 41.1. The molecule has 10 aromatic rings. The largest absolute Gasteiger partial charge is 0.472 e. The summed E-state index contributed by atoms with van der Waals surface area (Å²) in [6.45, 7) is 34.3. The SMILES string of the molecule is C#C[Si](C)(C)C.C[Si](C)(C)C#Cc1ccc(F)cc1.Cc1ccc(Cl)cc1N1CCN(C(=O)/C=C\c2ccc(F)cc2)CC1.Cc1ccc(Cl)cc1N1CCN(C(=O)C#Cc2ccc(F)cc2)CC1.Cc1ccc(Cl)cc1N1CCN(C(=O)C2CC2c2ccc(F)cc2)CC1.Cc1ccc(Cl)cc1N1CCNCC1.Fc1ccc(Br)cc1.O=C(O)C#Cc1ccc(F)cc1. The van der Waals surface area contributed by atoms with E-state index in [2.05, 4.69) is 155 Å². The van der Waals surface area contributed by atoms with Gasteiger partial charge in [-0.3, -0.25) is 14.4 Å². The van der Waals surface area contributed by atoms with Crippen molar-refractivity contribution in [2.75, 3.05) is 124 Å². The lowest BCUT2D eigenvalue weighted by Crippen LogP contribution is -2.49. The minimum atomic E-state index is -1.31. The number of amides is 3. The topological polar surface area (TPSA) is 123 Å². The van der Waals surface area contributed by atoms with Gasteiger partial charge in [0.25, 0.3) is 5.91 Å². The van der Waals surface area contributed by atoms with Crippen LogP contribution in [0, 0.1) is 116 Å². The number of hydrogen-bond donors (Lipinski definition) is 2. The number of aryl methyl sites for hydroxylation is 4. The van der Waals surface area contributed by atoms with Gasteiger partial charge in [-0.05, 0) is 249 Å². The van der Waals surface area contributed by atoms with Crippen LogP contribution in [0.2, 0.25) is 59.4 Å². The molecule has 0 bridgehead atoms. The van der Waals surface area contributed by atoms with Gasteiger partial charge in [-0.1, -0.05) is 168 Å². The zero-order valence-electron chi connectivity index (χ0n) is 74.1. The van der Waals surface area contributed by atoms with E-state index in [0.29, 0.717) is 42.3 Å². The van der Waals surface area contributed by atoms with Crippen LogP contribution in [0.3, 0.4) is 0 Å². The van der Waals surface area contributed by atoms with Gasteiger partial charge in [0.1, 0.15) is 51.1 Å². The Morgan fingerprint density at radius 1 is 0.419 bits per heavy atom. The van der Waals surface area contributed by atoms with Crippen molar-refractivity contribution in [1.82, 2.24) is 20.0 Å². The summed E-state index contributed by atoms with van der Waals surface area (Å²) < 4.78 is 76.6. The number of nitrogens with zero attached hydrogens (tertiary/aromatic N) is 7. The van der Waals surface area contributed by atoms with Crippen LogP contribution in [0.5, 0.6) is 0 Å². The molecule has 2 atom stereocenters. The number of aliphatic carboxylic acids is 1. The van der Waals surface area contributed by atoms with Crippen LogP contribution >= 0.6 is 62.3 Å². The molecule has 1 saturated carbocycles. The fourth-order valence-corrected chi connectivity index (χ4v) is 14.8. The maximum Gasteiger partial charge on any atom is 0.382 e. The Balaban J connectivity index is 0.000000189.